The van der Waals surface area contributed by atoms with E-state index in [9.17, 15) is 9.59 Å². The fourth-order valence-electron chi connectivity index (χ4n) is 2.04. The van der Waals surface area contributed by atoms with Gasteiger partial charge in [-0.15, -0.1) is 0 Å². The molecule has 0 unspecified atom stereocenters. The summed E-state index contributed by atoms with van der Waals surface area (Å²) in [5.41, 5.74) is 2.39. The molecule has 20 heavy (non-hydrogen) atoms. The zero-order valence-corrected chi connectivity index (χ0v) is 11.7. The predicted molar refractivity (Wildman–Crippen MR) is 78.8 cm³/mol. The second kappa shape index (κ2) is 4.64. The number of carbonyl (C=O) groups excluding carboxylic acids is 1. The molecule has 1 aliphatic rings. The summed E-state index contributed by atoms with van der Waals surface area (Å²) >= 11 is 3.32. The van der Waals surface area contributed by atoms with Gasteiger partial charge in [0.15, 0.2) is 0 Å². The molecule has 5 nitrogen and oxygen atoms in total. The van der Waals surface area contributed by atoms with E-state index in [-0.39, 0.29) is 11.5 Å². The third-order valence-corrected chi connectivity index (χ3v) is 3.50. The van der Waals surface area contributed by atoms with Crippen LogP contribution in [0.5, 0.6) is 0 Å². The van der Waals surface area contributed by atoms with Gasteiger partial charge in [-0.2, -0.15) is 0 Å². The molecular weight excluding hydrogens is 324 g/mol. The van der Waals surface area contributed by atoms with E-state index in [0.29, 0.717) is 22.6 Å². The van der Waals surface area contributed by atoms with Crippen LogP contribution >= 0.6 is 15.9 Å². The molecule has 1 aliphatic heterocycles. The molecule has 0 saturated heterocycles. The normalized spacial score (nSPS) is 12.6. The van der Waals surface area contributed by atoms with Crippen LogP contribution in [0.2, 0.25) is 0 Å². The number of halogens is 1. The fraction of sp³-hybridized carbons (Fsp3) is 0. The molecule has 3 rings (SSSR count). The molecule has 0 aliphatic carbocycles. The quantitative estimate of drug-likeness (QED) is 0.747. The van der Waals surface area contributed by atoms with E-state index < -0.39 is 5.97 Å². The maximum absolute atomic E-state index is 12.2. The maximum atomic E-state index is 12.2. The number of carboxylic acid groups (broad SMARTS) is 1. The van der Waals surface area contributed by atoms with E-state index in [4.69, 9.17) is 5.11 Å². The van der Waals surface area contributed by atoms with Gasteiger partial charge in [-0.05, 0) is 36.4 Å². The zero-order chi connectivity index (χ0) is 14.3. The first kappa shape index (κ1) is 12.7. The highest BCUT2D eigenvalue weighted by molar-refractivity contribution is 9.10. The molecule has 100 valence electrons. The average Bonchev–Trinajstić information content (AvgIpc) is 2.54. The number of carbonyl (C=O) groups is 2. The summed E-state index contributed by atoms with van der Waals surface area (Å²) < 4.78 is 0.797. The lowest BCUT2D eigenvalue weighted by Gasteiger charge is -2.09. The summed E-state index contributed by atoms with van der Waals surface area (Å²) in [5.74, 6) is -1.32. The number of rotatable bonds is 1. The Morgan fingerprint density at radius 2 is 1.75 bits per heavy atom. The zero-order valence-electron chi connectivity index (χ0n) is 10.1. The van der Waals surface area contributed by atoms with Crippen LogP contribution in [0.3, 0.4) is 0 Å². The molecule has 1 heterocycles. The van der Waals surface area contributed by atoms with Crippen molar-refractivity contribution in [2.24, 2.45) is 0 Å². The van der Waals surface area contributed by atoms with Gasteiger partial charge < -0.3 is 15.7 Å². The molecule has 3 N–H and O–H groups in total. The number of carboxylic acids is 1. The van der Waals surface area contributed by atoms with Gasteiger partial charge in [0.2, 0.25) is 0 Å². The Bertz CT molecular complexity index is 743. The summed E-state index contributed by atoms with van der Waals surface area (Å²) in [4.78, 5) is 23.2. The van der Waals surface area contributed by atoms with E-state index >= 15 is 0 Å². The van der Waals surface area contributed by atoms with Gasteiger partial charge in [0.05, 0.1) is 28.2 Å². The highest BCUT2D eigenvalue weighted by Crippen LogP contribution is 2.33. The molecule has 0 radical (unpaired) electrons. The summed E-state index contributed by atoms with van der Waals surface area (Å²) in [6.45, 7) is 0. The Morgan fingerprint density at radius 1 is 1.00 bits per heavy atom. The lowest BCUT2D eigenvalue weighted by Crippen LogP contribution is -2.11. The monoisotopic (exact) mass is 332 g/mol. The number of aromatic carboxylic acids is 1. The van der Waals surface area contributed by atoms with Crippen LogP contribution in [0.15, 0.2) is 40.9 Å². The Labute approximate surface area is 122 Å². The second-order valence-electron chi connectivity index (χ2n) is 4.33. The van der Waals surface area contributed by atoms with Crippen LogP contribution in [0.25, 0.3) is 0 Å². The van der Waals surface area contributed by atoms with Gasteiger partial charge in [-0.3, -0.25) is 4.79 Å². The Balaban J connectivity index is 2.11. The molecule has 0 aromatic heterocycles. The van der Waals surface area contributed by atoms with Crippen LogP contribution in [0.1, 0.15) is 20.7 Å². The van der Waals surface area contributed by atoms with Crippen molar-refractivity contribution in [3.8, 4) is 0 Å². The summed E-state index contributed by atoms with van der Waals surface area (Å²) in [7, 11) is 0. The SMILES string of the molecule is O=C(O)c1ccc2c(c1)NC(=O)c1cc(Br)ccc1N2. The molecule has 0 fully saturated rings. The largest absolute Gasteiger partial charge is 0.478 e. The topological polar surface area (TPSA) is 78.4 Å². The van der Waals surface area contributed by atoms with Crippen LogP contribution in [-0.2, 0) is 0 Å². The van der Waals surface area contributed by atoms with Crippen molar-refractivity contribution in [3.05, 3.63) is 52.0 Å². The molecule has 0 atom stereocenters. The molecule has 6 heteroatoms. The average molecular weight is 333 g/mol. The molecule has 0 spiro atoms. The van der Waals surface area contributed by atoms with Gasteiger partial charge in [-0.25, -0.2) is 4.79 Å². The number of fused-ring (bicyclic) bond motifs is 2. The van der Waals surface area contributed by atoms with Gasteiger partial charge in [0.25, 0.3) is 5.91 Å². The van der Waals surface area contributed by atoms with Crippen LogP contribution in [0.4, 0.5) is 17.1 Å². The number of benzene rings is 2. The van der Waals surface area contributed by atoms with E-state index in [1.54, 1.807) is 18.2 Å². The van der Waals surface area contributed by atoms with Crippen LogP contribution in [-0.4, -0.2) is 17.0 Å². The first-order chi connectivity index (χ1) is 9.54. The van der Waals surface area contributed by atoms with Gasteiger partial charge in [0.1, 0.15) is 0 Å². The highest BCUT2D eigenvalue weighted by atomic mass is 79.9. The smallest absolute Gasteiger partial charge is 0.335 e. The van der Waals surface area contributed by atoms with Crippen molar-refractivity contribution in [2.45, 2.75) is 0 Å². The van der Waals surface area contributed by atoms with Crippen molar-refractivity contribution < 1.29 is 14.7 Å². The first-order valence-electron chi connectivity index (χ1n) is 5.80. The summed E-state index contributed by atoms with van der Waals surface area (Å²) in [6, 6.07) is 9.89. The van der Waals surface area contributed by atoms with Crippen LogP contribution < -0.4 is 10.6 Å². The Kier molecular flexibility index (Phi) is 2.94. The van der Waals surface area contributed by atoms with Crippen molar-refractivity contribution >= 4 is 44.9 Å². The third-order valence-electron chi connectivity index (χ3n) is 3.01. The molecule has 2 aromatic rings. The van der Waals surface area contributed by atoms with Crippen molar-refractivity contribution in [1.29, 1.82) is 0 Å². The molecular formula is C14H9BrN2O3. The summed E-state index contributed by atoms with van der Waals surface area (Å²) in [5, 5.41) is 14.8. The number of hydrogen-bond donors (Lipinski definition) is 3. The van der Waals surface area contributed by atoms with Gasteiger partial charge in [-0.1, -0.05) is 15.9 Å². The van der Waals surface area contributed by atoms with Crippen LogP contribution in [0, 0.1) is 0 Å². The van der Waals surface area contributed by atoms with E-state index in [2.05, 4.69) is 26.6 Å². The minimum atomic E-state index is -1.04. The van der Waals surface area contributed by atoms with Gasteiger partial charge >= 0.3 is 5.97 Å². The standard InChI is InChI=1S/C14H9BrN2O3/c15-8-2-4-10-9(6-8)13(18)17-12-5-7(14(19)20)1-3-11(12)16-10/h1-6,16H,(H,17,18)(H,19,20). The molecule has 0 saturated carbocycles. The Morgan fingerprint density at radius 3 is 2.50 bits per heavy atom. The first-order valence-corrected chi connectivity index (χ1v) is 6.59. The van der Waals surface area contributed by atoms with E-state index in [1.807, 2.05) is 6.07 Å². The highest BCUT2D eigenvalue weighted by Gasteiger charge is 2.20. The van der Waals surface area contributed by atoms with Gasteiger partial charge in [0, 0.05) is 4.47 Å². The summed E-state index contributed by atoms with van der Waals surface area (Å²) in [6.07, 6.45) is 0. The minimum absolute atomic E-state index is 0.123. The lowest BCUT2D eigenvalue weighted by molar-refractivity contribution is 0.0696. The lowest BCUT2D eigenvalue weighted by atomic mass is 10.1. The molecule has 2 aromatic carbocycles. The Hall–Kier alpha value is -2.34. The number of nitrogens with one attached hydrogen (secondary N) is 2. The number of hydrogen-bond acceptors (Lipinski definition) is 3. The maximum Gasteiger partial charge on any atom is 0.335 e. The fourth-order valence-corrected chi connectivity index (χ4v) is 2.40. The van der Waals surface area contributed by atoms with Crippen molar-refractivity contribution in [3.63, 3.8) is 0 Å². The predicted octanol–water partition coefficient (Wildman–Crippen LogP) is 3.46. The van der Waals surface area contributed by atoms with Crippen molar-refractivity contribution in [1.82, 2.24) is 0 Å². The number of anilines is 3. The second-order valence-corrected chi connectivity index (χ2v) is 5.25. The third kappa shape index (κ3) is 2.14. The minimum Gasteiger partial charge on any atom is -0.478 e. The number of amides is 1. The van der Waals surface area contributed by atoms with E-state index in [0.717, 1.165) is 4.47 Å². The van der Waals surface area contributed by atoms with Crippen molar-refractivity contribution in [2.75, 3.05) is 10.6 Å². The van der Waals surface area contributed by atoms with E-state index in [1.165, 1.54) is 12.1 Å². The molecule has 1 amide bonds. The molecule has 0 bridgehead atoms.